The first-order valence-electron chi connectivity index (χ1n) is 6.10. The molecule has 0 saturated heterocycles. The van der Waals surface area contributed by atoms with Gasteiger partial charge in [-0.2, -0.15) is 0 Å². The summed E-state index contributed by atoms with van der Waals surface area (Å²) in [6.45, 7) is 3.92. The fraction of sp³-hybridized carbons (Fsp3) is 0.143. The molecule has 0 spiro atoms. The van der Waals surface area contributed by atoms with Crippen molar-refractivity contribution >= 4 is 22.9 Å². The summed E-state index contributed by atoms with van der Waals surface area (Å²) >= 11 is 0. The van der Waals surface area contributed by atoms with Crippen LogP contribution in [0.25, 0.3) is 0 Å². The van der Waals surface area contributed by atoms with Crippen molar-refractivity contribution in [3.8, 4) is 0 Å². The second-order valence-electron chi connectivity index (χ2n) is 4.58. The van der Waals surface area contributed by atoms with E-state index >= 15 is 0 Å². The Hall–Kier alpha value is -2.40. The molecule has 0 unspecified atom stereocenters. The molecule has 2 aliphatic heterocycles. The van der Waals surface area contributed by atoms with Crippen molar-refractivity contribution < 1.29 is 0 Å². The topological polar surface area (TPSA) is 63.5 Å². The molecule has 1 aromatic carbocycles. The maximum Gasteiger partial charge on any atom is 0.144 e. The minimum Gasteiger partial charge on any atom is -0.301 e. The van der Waals surface area contributed by atoms with Crippen LogP contribution in [0.4, 0.5) is 11.4 Å². The lowest BCUT2D eigenvalue weighted by Crippen LogP contribution is -2.32. The standard InChI is InChI=1S/C14H15N5/c1-9-7-14(15)16-10(2)11(9)8-19-13-6-4-3-5-12(13)17-18-19/h3-8,15,17-18H,1-2H3. The molecule has 1 aromatic rings. The maximum atomic E-state index is 7.61. The molecule has 3 rings (SSSR count). The van der Waals surface area contributed by atoms with Crippen LogP contribution in [0.3, 0.4) is 0 Å². The fourth-order valence-corrected chi connectivity index (χ4v) is 2.24. The van der Waals surface area contributed by atoms with Gasteiger partial charge in [0.05, 0.1) is 11.4 Å². The van der Waals surface area contributed by atoms with E-state index in [1.165, 1.54) is 0 Å². The van der Waals surface area contributed by atoms with E-state index in [1.807, 2.05) is 49.3 Å². The van der Waals surface area contributed by atoms with E-state index in [0.29, 0.717) is 5.84 Å². The number of anilines is 2. The zero-order valence-corrected chi connectivity index (χ0v) is 10.9. The van der Waals surface area contributed by atoms with Crippen LogP contribution < -0.4 is 16.0 Å². The molecule has 3 N–H and O–H groups in total. The van der Waals surface area contributed by atoms with Crippen molar-refractivity contribution in [1.29, 1.82) is 5.41 Å². The molecule has 0 amide bonds. The number of aliphatic imine (C=N–C) groups is 1. The lowest BCUT2D eigenvalue weighted by Gasteiger charge is -2.18. The number of fused-ring (bicyclic) bond motifs is 1. The Labute approximate surface area is 111 Å². The van der Waals surface area contributed by atoms with E-state index in [4.69, 9.17) is 5.41 Å². The van der Waals surface area contributed by atoms with Crippen LogP contribution in [0.1, 0.15) is 13.8 Å². The number of nitrogens with one attached hydrogen (secondary N) is 3. The number of hydrazine groups is 2. The number of hydrogen-bond donors (Lipinski definition) is 3. The Morgan fingerprint density at radius 1 is 1.26 bits per heavy atom. The third kappa shape index (κ3) is 2.04. The average molecular weight is 253 g/mol. The van der Waals surface area contributed by atoms with E-state index in [2.05, 4.69) is 16.0 Å². The highest BCUT2D eigenvalue weighted by Crippen LogP contribution is 2.29. The number of benzene rings is 1. The molecule has 2 heterocycles. The number of allylic oxidation sites excluding steroid dienone is 2. The van der Waals surface area contributed by atoms with Crippen LogP contribution >= 0.6 is 0 Å². The van der Waals surface area contributed by atoms with Crippen LogP contribution in [0.15, 0.2) is 52.7 Å². The van der Waals surface area contributed by atoms with Crippen LogP contribution in [-0.4, -0.2) is 11.5 Å². The van der Waals surface area contributed by atoms with Gasteiger partial charge in [0.2, 0.25) is 0 Å². The summed E-state index contributed by atoms with van der Waals surface area (Å²) in [5, 5.41) is 9.53. The highest BCUT2D eigenvalue weighted by Gasteiger charge is 2.19. The van der Waals surface area contributed by atoms with E-state index < -0.39 is 0 Å². The summed E-state index contributed by atoms with van der Waals surface area (Å²) in [6.07, 6.45) is 3.77. The van der Waals surface area contributed by atoms with Gasteiger partial charge in [0.15, 0.2) is 0 Å². The van der Waals surface area contributed by atoms with Crippen molar-refractivity contribution in [1.82, 2.24) is 5.53 Å². The molecule has 0 saturated carbocycles. The average Bonchev–Trinajstić information content (AvgIpc) is 2.77. The Morgan fingerprint density at radius 2 is 2.05 bits per heavy atom. The summed E-state index contributed by atoms with van der Waals surface area (Å²) in [7, 11) is 0. The predicted octanol–water partition coefficient (Wildman–Crippen LogP) is 2.62. The second-order valence-corrected chi connectivity index (χ2v) is 4.58. The van der Waals surface area contributed by atoms with Crippen molar-refractivity contribution in [3.63, 3.8) is 0 Å². The number of hydrogen-bond acceptors (Lipinski definition) is 4. The second kappa shape index (κ2) is 4.37. The zero-order chi connectivity index (χ0) is 13.4. The van der Waals surface area contributed by atoms with E-state index in [0.717, 1.165) is 28.2 Å². The minimum absolute atomic E-state index is 0.306. The fourth-order valence-electron chi connectivity index (χ4n) is 2.24. The lowest BCUT2D eigenvalue weighted by atomic mass is 10.0. The number of amidine groups is 1. The minimum atomic E-state index is 0.306. The molecule has 0 fully saturated rings. The van der Waals surface area contributed by atoms with E-state index in [9.17, 15) is 0 Å². The van der Waals surface area contributed by atoms with Gasteiger partial charge in [-0.25, -0.2) is 4.99 Å². The van der Waals surface area contributed by atoms with Gasteiger partial charge in [-0.05, 0) is 37.6 Å². The number of dihydropyridines is 1. The predicted molar refractivity (Wildman–Crippen MR) is 78.4 cm³/mol. The Balaban J connectivity index is 1.98. The van der Waals surface area contributed by atoms with Gasteiger partial charge in [-0.3, -0.25) is 10.4 Å². The van der Waals surface area contributed by atoms with Crippen LogP contribution in [0, 0.1) is 5.41 Å². The molecule has 2 aliphatic rings. The highest BCUT2D eigenvalue weighted by molar-refractivity contribution is 6.14. The van der Waals surface area contributed by atoms with Gasteiger partial charge in [0, 0.05) is 17.5 Å². The smallest absolute Gasteiger partial charge is 0.144 e. The molecule has 19 heavy (non-hydrogen) atoms. The molecule has 0 atom stereocenters. The van der Waals surface area contributed by atoms with Crippen molar-refractivity contribution in [2.75, 3.05) is 10.4 Å². The summed E-state index contributed by atoms with van der Waals surface area (Å²) in [5.74, 6) is 0.306. The first-order valence-corrected chi connectivity index (χ1v) is 6.10. The van der Waals surface area contributed by atoms with Gasteiger partial charge in [-0.1, -0.05) is 12.1 Å². The Bertz CT molecular complexity index is 615. The van der Waals surface area contributed by atoms with Crippen LogP contribution in [-0.2, 0) is 0 Å². The SMILES string of the molecule is CC1=CC(=N)N=C(C)C1=CN1NNc2ccccc21. The van der Waals surface area contributed by atoms with Crippen molar-refractivity contribution in [2.24, 2.45) is 4.99 Å². The number of nitrogens with zero attached hydrogens (tertiary/aromatic N) is 2. The zero-order valence-electron chi connectivity index (χ0n) is 10.9. The molecule has 0 aromatic heterocycles. The number of para-hydroxylation sites is 2. The monoisotopic (exact) mass is 253 g/mol. The van der Waals surface area contributed by atoms with Gasteiger partial charge in [0.1, 0.15) is 5.84 Å². The summed E-state index contributed by atoms with van der Waals surface area (Å²) in [4.78, 5) is 4.19. The van der Waals surface area contributed by atoms with Gasteiger partial charge >= 0.3 is 0 Å². The third-order valence-corrected chi connectivity index (χ3v) is 3.19. The van der Waals surface area contributed by atoms with Gasteiger partial charge in [0.25, 0.3) is 0 Å². The quantitative estimate of drug-likeness (QED) is 0.721. The summed E-state index contributed by atoms with van der Waals surface area (Å²) in [5.41, 5.74) is 11.2. The highest BCUT2D eigenvalue weighted by atomic mass is 15.7. The molecule has 5 heteroatoms. The van der Waals surface area contributed by atoms with Crippen molar-refractivity contribution in [3.05, 3.63) is 47.7 Å². The first kappa shape index (κ1) is 11.7. The molecule has 5 nitrogen and oxygen atoms in total. The van der Waals surface area contributed by atoms with Gasteiger partial charge in [-0.15, -0.1) is 5.53 Å². The lowest BCUT2D eigenvalue weighted by molar-refractivity contribution is 0.853. The molecule has 0 bridgehead atoms. The molecule has 96 valence electrons. The summed E-state index contributed by atoms with van der Waals surface area (Å²) in [6, 6.07) is 8.04. The van der Waals surface area contributed by atoms with E-state index in [1.54, 1.807) is 6.08 Å². The van der Waals surface area contributed by atoms with E-state index in [-0.39, 0.29) is 0 Å². The Kier molecular flexibility index (Phi) is 2.68. The van der Waals surface area contributed by atoms with Gasteiger partial charge < -0.3 is 5.43 Å². The molecular formula is C14H15N5. The molecule has 0 aliphatic carbocycles. The van der Waals surface area contributed by atoms with Crippen LogP contribution in [0.5, 0.6) is 0 Å². The molecule has 0 radical (unpaired) electrons. The number of rotatable bonds is 1. The third-order valence-electron chi connectivity index (χ3n) is 3.19. The largest absolute Gasteiger partial charge is 0.301 e. The van der Waals surface area contributed by atoms with Crippen LogP contribution in [0.2, 0.25) is 0 Å². The first-order chi connectivity index (χ1) is 9.15. The maximum absolute atomic E-state index is 7.61. The summed E-state index contributed by atoms with van der Waals surface area (Å²) < 4.78 is 0. The molecular weight excluding hydrogens is 238 g/mol. The normalized spacial score (nSPS) is 20.0. The Morgan fingerprint density at radius 3 is 2.84 bits per heavy atom. The van der Waals surface area contributed by atoms with Crippen molar-refractivity contribution in [2.45, 2.75) is 13.8 Å².